The van der Waals surface area contributed by atoms with E-state index in [1.807, 2.05) is 6.07 Å². The maximum atomic E-state index is 13.9. The second-order valence-corrected chi connectivity index (χ2v) is 8.09. The zero-order valence-corrected chi connectivity index (χ0v) is 17.6. The molecule has 1 saturated heterocycles. The van der Waals surface area contributed by atoms with Crippen molar-refractivity contribution in [1.82, 2.24) is 0 Å². The van der Waals surface area contributed by atoms with Crippen molar-refractivity contribution in [3.63, 3.8) is 0 Å². The molecule has 0 bridgehead atoms. The van der Waals surface area contributed by atoms with Gasteiger partial charge in [-0.1, -0.05) is 42.5 Å². The average molecular weight is 432 g/mol. The van der Waals surface area contributed by atoms with Crippen molar-refractivity contribution >= 4 is 23.3 Å². The lowest BCUT2D eigenvalue weighted by atomic mass is 9.90. The van der Waals surface area contributed by atoms with E-state index in [0.717, 1.165) is 38.0 Å². The van der Waals surface area contributed by atoms with E-state index in [1.165, 1.54) is 23.8 Å². The molecule has 4 rings (SSSR count). The van der Waals surface area contributed by atoms with E-state index in [9.17, 15) is 19.1 Å². The molecule has 164 valence electrons. The van der Waals surface area contributed by atoms with Crippen LogP contribution < -0.4 is 10.2 Å². The summed E-state index contributed by atoms with van der Waals surface area (Å²) in [5, 5.41) is 12.2. The molecule has 0 atom stereocenters. The van der Waals surface area contributed by atoms with Gasteiger partial charge in [0.25, 0.3) is 5.91 Å². The third-order valence-electron chi connectivity index (χ3n) is 5.95. The van der Waals surface area contributed by atoms with Gasteiger partial charge in [0, 0.05) is 18.8 Å². The number of aromatic carboxylic acids is 1. The highest BCUT2D eigenvalue weighted by molar-refractivity contribution is 6.08. The van der Waals surface area contributed by atoms with Gasteiger partial charge in [-0.25, -0.2) is 9.18 Å². The number of rotatable bonds is 6. The summed E-state index contributed by atoms with van der Waals surface area (Å²) >= 11 is 0. The Labute approximate surface area is 186 Å². The molecule has 32 heavy (non-hydrogen) atoms. The lowest BCUT2D eigenvalue weighted by Gasteiger charge is -2.34. The third-order valence-corrected chi connectivity index (χ3v) is 5.95. The molecule has 2 N–H and O–H groups in total. The molecule has 1 aliphatic heterocycles. The number of nitrogens with one attached hydrogen (secondary N) is 1. The molecule has 0 radical (unpaired) electrons. The fourth-order valence-corrected chi connectivity index (χ4v) is 4.19. The average Bonchev–Trinajstić information content (AvgIpc) is 2.80. The minimum atomic E-state index is -1.14. The molecule has 3 aromatic carbocycles. The maximum absolute atomic E-state index is 13.9. The Balaban J connectivity index is 1.45. The summed E-state index contributed by atoms with van der Waals surface area (Å²) in [7, 11) is 0. The maximum Gasteiger partial charge on any atom is 0.337 e. The summed E-state index contributed by atoms with van der Waals surface area (Å²) in [5.74, 6) is -1.88. The van der Waals surface area contributed by atoms with Gasteiger partial charge >= 0.3 is 5.97 Å². The summed E-state index contributed by atoms with van der Waals surface area (Å²) in [6.07, 6.45) is 3.11. The first-order chi connectivity index (χ1) is 15.5. The number of halogens is 1. The number of carboxylic acid groups (broad SMARTS) is 1. The van der Waals surface area contributed by atoms with Crippen molar-refractivity contribution in [1.29, 1.82) is 0 Å². The Hall–Kier alpha value is -3.67. The number of carbonyl (C=O) groups is 2. The molecular formula is C26H25FN2O3. The standard InChI is InChI=1S/C26H25FN2O3/c27-23-9-5-4-8-21(23)25(30)28-24-11-10-20(17-22(24)26(31)32)29-14-12-19(13-15-29)16-18-6-2-1-3-7-18/h1-11,17,19H,12-16H2,(H,28,30)(H,31,32). The third kappa shape index (κ3) is 4.97. The molecule has 5 nitrogen and oxygen atoms in total. The van der Waals surface area contributed by atoms with E-state index in [4.69, 9.17) is 0 Å². The smallest absolute Gasteiger partial charge is 0.337 e. The van der Waals surface area contributed by atoms with E-state index >= 15 is 0 Å². The second-order valence-electron chi connectivity index (χ2n) is 8.09. The second kappa shape index (κ2) is 9.64. The lowest BCUT2D eigenvalue weighted by molar-refractivity contribution is 0.0698. The zero-order valence-electron chi connectivity index (χ0n) is 17.6. The summed E-state index contributed by atoms with van der Waals surface area (Å²) in [4.78, 5) is 26.5. The van der Waals surface area contributed by atoms with Crippen LogP contribution in [0, 0.1) is 11.7 Å². The molecule has 0 aromatic heterocycles. The van der Waals surface area contributed by atoms with Gasteiger partial charge in [0.15, 0.2) is 0 Å². The van der Waals surface area contributed by atoms with Crippen molar-refractivity contribution in [3.05, 3.63) is 95.3 Å². The van der Waals surface area contributed by atoms with Gasteiger partial charge < -0.3 is 15.3 Å². The fourth-order valence-electron chi connectivity index (χ4n) is 4.19. The number of nitrogens with zero attached hydrogens (tertiary/aromatic N) is 1. The predicted octanol–water partition coefficient (Wildman–Crippen LogP) is 5.24. The molecule has 1 aliphatic rings. The summed E-state index contributed by atoms with van der Waals surface area (Å²) < 4.78 is 13.9. The number of piperidine rings is 1. The summed E-state index contributed by atoms with van der Waals surface area (Å²) in [5.41, 5.74) is 2.15. The van der Waals surface area contributed by atoms with Crippen LogP contribution >= 0.6 is 0 Å². The fraction of sp³-hybridized carbons (Fsp3) is 0.231. The van der Waals surface area contributed by atoms with Crippen LogP contribution in [0.15, 0.2) is 72.8 Å². The van der Waals surface area contributed by atoms with Crippen LogP contribution in [0.1, 0.15) is 39.1 Å². The molecule has 0 spiro atoms. The summed E-state index contributed by atoms with van der Waals surface area (Å²) in [6.45, 7) is 1.69. The minimum absolute atomic E-state index is 0.0152. The number of carbonyl (C=O) groups excluding carboxylic acids is 1. The van der Waals surface area contributed by atoms with Crippen molar-refractivity contribution < 1.29 is 19.1 Å². The van der Waals surface area contributed by atoms with Crippen molar-refractivity contribution in [2.45, 2.75) is 19.3 Å². The highest BCUT2D eigenvalue weighted by Crippen LogP contribution is 2.29. The molecule has 0 saturated carbocycles. The van der Waals surface area contributed by atoms with Crippen molar-refractivity contribution in [2.75, 3.05) is 23.3 Å². The molecule has 6 heteroatoms. The number of carboxylic acids is 1. The Kier molecular flexibility index (Phi) is 6.50. The number of benzene rings is 3. The van der Waals surface area contributed by atoms with Gasteiger partial charge in [0.05, 0.1) is 16.8 Å². The minimum Gasteiger partial charge on any atom is -0.478 e. The van der Waals surface area contributed by atoms with Gasteiger partial charge in [0.2, 0.25) is 0 Å². The van der Waals surface area contributed by atoms with Gasteiger partial charge in [0.1, 0.15) is 5.82 Å². The van der Waals surface area contributed by atoms with Crippen LogP contribution in [0.4, 0.5) is 15.8 Å². The van der Waals surface area contributed by atoms with Crippen LogP contribution in [0.5, 0.6) is 0 Å². The van der Waals surface area contributed by atoms with E-state index in [-0.39, 0.29) is 16.8 Å². The van der Waals surface area contributed by atoms with Crippen LogP contribution in [-0.4, -0.2) is 30.1 Å². The molecule has 3 aromatic rings. The SMILES string of the molecule is O=C(Nc1ccc(N2CCC(Cc3ccccc3)CC2)cc1C(=O)O)c1ccccc1F. The first kappa shape index (κ1) is 21.6. The quantitative estimate of drug-likeness (QED) is 0.559. The largest absolute Gasteiger partial charge is 0.478 e. The molecule has 1 amide bonds. The first-order valence-corrected chi connectivity index (χ1v) is 10.7. The Morgan fingerprint density at radius 3 is 2.31 bits per heavy atom. The van der Waals surface area contributed by atoms with E-state index in [2.05, 4.69) is 34.5 Å². The Morgan fingerprint density at radius 2 is 1.62 bits per heavy atom. The van der Waals surface area contributed by atoms with Crippen molar-refractivity contribution in [2.24, 2.45) is 5.92 Å². The monoisotopic (exact) mass is 432 g/mol. The van der Waals surface area contributed by atoms with Crippen LogP contribution in [0.25, 0.3) is 0 Å². The van der Waals surface area contributed by atoms with E-state index < -0.39 is 17.7 Å². The number of amides is 1. The topological polar surface area (TPSA) is 69.6 Å². The zero-order chi connectivity index (χ0) is 22.5. The summed E-state index contributed by atoms with van der Waals surface area (Å²) in [6, 6.07) is 21.0. The van der Waals surface area contributed by atoms with Crippen LogP contribution in [0.3, 0.4) is 0 Å². The lowest BCUT2D eigenvalue weighted by Crippen LogP contribution is -2.34. The van der Waals surface area contributed by atoms with Gasteiger partial charge in [-0.3, -0.25) is 4.79 Å². The van der Waals surface area contributed by atoms with Crippen LogP contribution in [0.2, 0.25) is 0 Å². The molecule has 0 unspecified atom stereocenters. The Morgan fingerprint density at radius 1 is 0.938 bits per heavy atom. The van der Waals surface area contributed by atoms with Crippen LogP contribution in [-0.2, 0) is 6.42 Å². The van der Waals surface area contributed by atoms with E-state index in [1.54, 1.807) is 24.3 Å². The first-order valence-electron chi connectivity index (χ1n) is 10.7. The van der Waals surface area contributed by atoms with Gasteiger partial charge in [-0.15, -0.1) is 0 Å². The normalized spacial score (nSPS) is 14.2. The molecule has 0 aliphatic carbocycles. The van der Waals surface area contributed by atoms with E-state index in [0.29, 0.717) is 5.92 Å². The number of hydrogen-bond acceptors (Lipinski definition) is 3. The predicted molar refractivity (Wildman–Crippen MR) is 123 cm³/mol. The number of anilines is 2. The molecule has 1 heterocycles. The van der Waals surface area contributed by atoms with Gasteiger partial charge in [-0.2, -0.15) is 0 Å². The Bertz CT molecular complexity index is 1110. The number of hydrogen-bond donors (Lipinski definition) is 2. The molecule has 1 fully saturated rings. The van der Waals surface area contributed by atoms with Crippen molar-refractivity contribution in [3.8, 4) is 0 Å². The highest BCUT2D eigenvalue weighted by Gasteiger charge is 2.22. The molecular weight excluding hydrogens is 407 g/mol. The highest BCUT2D eigenvalue weighted by atomic mass is 19.1. The van der Waals surface area contributed by atoms with Gasteiger partial charge in [-0.05, 0) is 61.1 Å².